The molecule has 0 aliphatic heterocycles. The molecule has 0 heterocycles. The van der Waals surface area contributed by atoms with Crippen molar-refractivity contribution in [3.63, 3.8) is 0 Å². The molecule has 0 aliphatic carbocycles. The van der Waals surface area contributed by atoms with E-state index in [-0.39, 0.29) is 12.8 Å². The minimum absolute atomic E-state index is 0.0168. The van der Waals surface area contributed by atoms with Gasteiger partial charge in [-0.05, 0) is 41.0 Å². The van der Waals surface area contributed by atoms with Crippen molar-refractivity contribution < 1.29 is 28.6 Å². The number of benzene rings is 3. The Kier molecular flexibility index (Phi) is 8.95. The molecule has 0 saturated heterocycles. The largest absolute Gasteiger partial charge is 0.489 e. The number of amides is 2. The molecule has 2 atom stereocenters. The highest BCUT2D eigenvalue weighted by atomic mass is 19.1. The predicted octanol–water partition coefficient (Wildman–Crippen LogP) is 3.26. The van der Waals surface area contributed by atoms with E-state index >= 15 is 0 Å². The van der Waals surface area contributed by atoms with Gasteiger partial charge in [0.2, 0.25) is 11.8 Å². The summed E-state index contributed by atoms with van der Waals surface area (Å²) in [6.45, 7) is 1.66. The van der Waals surface area contributed by atoms with E-state index in [1.54, 1.807) is 30.3 Å². The number of carbonyl (C=O) groups is 3. The van der Waals surface area contributed by atoms with Crippen LogP contribution >= 0.6 is 0 Å². The standard InChI is InChI=1S/C27H27FN2O5/c1-18(31)29-24(16-21-8-5-9-22(28)14-21)26(32)30-25(27(33)34)15-19-10-12-23(13-11-19)35-17-20-6-3-2-4-7-20/h2-14,24-25H,15-17H2,1H3,(H,29,31)(H,30,32)(H,33,34)/t24-,25+/m0/s1. The molecule has 3 N–H and O–H groups in total. The molecule has 8 heteroatoms. The molecule has 182 valence electrons. The van der Waals surface area contributed by atoms with Gasteiger partial charge in [0.1, 0.15) is 30.3 Å². The Bertz CT molecular complexity index is 1150. The minimum atomic E-state index is -1.22. The number of rotatable bonds is 11. The molecular formula is C27H27FN2O5. The van der Waals surface area contributed by atoms with E-state index < -0.39 is 35.7 Å². The van der Waals surface area contributed by atoms with Gasteiger partial charge >= 0.3 is 5.97 Å². The Morgan fingerprint density at radius 1 is 0.829 bits per heavy atom. The first-order valence-electron chi connectivity index (χ1n) is 11.1. The van der Waals surface area contributed by atoms with Gasteiger partial charge in [-0.15, -0.1) is 0 Å². The topological polar surface area (TPSA) is 105 Å². The molecule has 2 amide bonds. The van der Waals surface area contributed by atoms with Crippen LogP contribution in [0.2, 0.25) is 0 Å². The minimum Gasteiger partial charge on any atom is -0.489 e. The summed E-state index contributed by atoms with van der Waals surface area (Å²) >= 11 is 0. The van der Waals surface area contributed by atoms with Gasteiger partial charge in [-0.1, -0.05) is 54.6 Å². The van der Waals surface area contributed by atoms with Crippen LogP contribution < -0.4 is 15.4 Å². The first kappa shape index (κ1) is 25.4. The van der Waals surface area contributed by atoms with E-state index in [1.165, 1.54) is 25.1 Å². The lowest BCUT2D eigenvalue weighted by Gasteiger charge is -2.21. The van der Waals surface area contributed by atoms with Crippen molar-refractivity contribution in [3.8, 4) is 5.75 Å². The predicted molar refractivity (Wildman–Crippen MR) is 128 cm³/mol. The third kappa shape index (κ3) is 8.26. The van der Waals surface area contributed by atoms with Crippen LogP contribution in [0.3, 0.4) is 0 Å². The molecule has 0 radical (unpaired) electrons. The quantitative estimate of drug-likeness (QED) is 0.392. The highest BCUT2D eigenvalue weighted by Gasteiger charge is 2.26. The van der Waals surface area contributed by atoms with E-state index in [1.807, 2.05) is 30.3 Å². The summed E-state index contributed by atoms with van der Waals surface area (Å²) < 4.78 is 19.3. The molecular weight excluding hydrogens is 451 g/mol. The van der Waals surface area contributed by atoms with Crippen LogP contribution in [0.5, 0.6) is 5.75 Å². The fraction of sp³-hybridized carbons (Fsp3) is 0.222. The molecule has 3 rings (SSSR count). The van der Waals surface area contributed by atoms with Crippen molar-refractivity contribution in [2.75, 3.05) is 0 Å². The Morgan fingerprint density at radius 2 is 1.49 bits per heavy atom. The van der Waals surface area contributed by atoms with Gasteiger partial charge in [0.05, 0.1) is 0 Å². The van der Waals surface area contributed by atoms with Crippen LogP contribution in [-0.4, -0.2) is 35.0 Å². The second-order valence-electron chi connectivity index (χ2n) is 8.11. The molecule has 7 nitrogen and oxygen atoms in total. The summed E-state index contributed by atoms with van der Waals surface area (Å²) in [5.74, 6) is -2.17. The number of carbonyl (C=O) groups excluding carboxylic acids is 2. The summed E-state index contributed by atoms with van der Waals surface area (Å²) in [5, 5.41) is 14.7. The molecule has 35 heavy (non-hydrogen) atoms. The number of carboxylic acids is 1. The normalized spacial score (nSPS) is 12.3. The number of nitrogens with one attached hydrogen (secondary N) is 2. The third-order valence-electron chi connectivity index (χ3n) is 5.25. The average molecular weight is 479 g/mol. The fourth-order valence-corrected chi connectivity index (χ4v) is 3.53. The maximum Gasteiger partial charge on any atom is 0.326 e. The van der Waals surface area contributed by atoms with E-state index in [4.69, 9.17) is 4.74 Å². The van der Waals surface area contributed by atoms with Gasteiger partial charge in [-0.2, -0.15) is 0 Å². The number of hydrogen-bond acceptors (Lipinski definition) is 4. The van der Waals surface area contributed by atoms with Crippen LogP contribution in [0.1, 0.15) is 23.6 Å². The summed E-state index contributed by atoms with van der Waals surface area (Å²) in [6, 6.07) is 20.0. The van der Waals surface area contributed by atoms with Crippen molar-refractivity contribution in [1.29, 1.82) is 0 Å². The van der Waals surface area contributed by atoms with E-state index in [2.05, 4.69) is 10.6 Å². The van der Waals surface area contributed by atoms with E-state index in [0.29, 0.717) is 23.5 Å². The second kappa shape index (κ2) is 12.3. The van der Waals surface area contributed by atoms with Crippen LogP contribution in [-0.2, 0) is 33.8 Å². The van der Waals surface area contributed by atoms with Gasteiger partial charge in [0.25, 0.3) is 0 Å². The monoisotopic (exact) mass is 478 g/mol. The lowest BCUT2D eigenvalue weighted by atomic mass is 10.0. The number of halogens is 1. The SMILES string of the molecule is CC(=O)N[C@@H](Cc1cccc(F)c1)C(=O)N[C@H](Cc1ccc(OCc2ccccc2)cc1)C(=O)O. The molecule has 0 spiro atoms. The van der Waals surface area contributed by atoms with Gasteiger partial charge in [0.15, 0.2) is 0 Å². The van der Waals surface area contributed by atoms with Gasteiger partial charge in [-0.3, -0.25) is 9.59 Å². The van der Waals surface area contributed by atoms with Crippen molar-refractivity contribution in [2.45, 2.75) is 38.5 Å². The molecule has 0 aromatic heterocycles. The van der Waals surface area contributed by atoms with Crippen LogP contribution in [0.15, 0.2) is 78.9 Å². The molecule has 0 aliphatic rings. The van der Waals surface area contributed by atoms with Crippen LogP contribution in [0.25, 0.3) is 0 Å². The number of hydrogen-bond donors (Lipinski definition) is 3. The maximum absolute atomic E-state index is 13.5. The van der Waals surface area contributed by atoms with Crippen LogP contribution in [0, 0.1) is 5.82 Å². The summed E-state index contributed by atoms with van der Waals surface area (Å²) in [5.41, 5.74) is 2.21. The Labute approximate surface area is 202 Å². The Morgan fingerprint density at radius 3 is 2.11 bits per heavy atom. The lowest BCUT2D eigenvalue weighted by Crippen LogP contribution is -2.52. The van der Waals surface area contributed by atoms with Gasteiger partial charge < -0.3 is 20.5 Å². The summed E-state index contributed by atoms with van der Waals surface area (Å²) in [6.07, 6.45) is 0.0513. The molecule has 0 fully saturated rings. The lowest BCUT2D eigenvalue weighted by molar-refractivity contribution is -0.142. The van der Waals surface area contributed by atoms with Gasteiger partial charge in [-0.25, -0.2) is 9.18 Å². The first-order chi connectivity index (χ1) is 16.8. The van der Waals surface area contributed by atoms with Crippen molar-refractivity contribution >= 4 is 17.8 Å². The molecule has 0 unspecified atom stereocenters. The van der Waals surface area contributed by atoms with Crippen molar-refractivity contribution in [2.24, 2.45) is 0 Å². The molecule has 0 saturated carbocycles. The average Bonchev–Trinajstić information content (AvgIpc) is 2.83. The number of carboxylic acid groups (broad SMARTS) is 1. The Hall–Kier alpha value is -4.20. The zero-order valence-electron chi connectivity index (χ0n) is 19.2. The molecule has 0 bridgehead atoms. The first-order valence-corrected chi connectivity index (χ1v) is 11.1. The smallest absolute Gasteiger partial charge is 0.326 e. The third-order valence-corrected chi connectivity index (χ3v) is 5.25. The highest BCUT2D eigenvalue weighted by Crippen LogP contribution is 2.16. The molecule has 3 aromatic carbocycles. The number of ether oxygens (including phenoxy) is 1. The van der Waals surface area contributed by atoms with Crippen molar-refractivity contribution in [1.82, 2.24) is 10.6 Å². The zero-order chi connectivity index (χ0) is 25.2. The Balaban J connectivity index is 1.62. The van der Waals surface area contributed by atoms with E-state index in [9.17, 15) is 23.9 Å². The van der Waals surface area contributed by atoms with Crippen molar-refractivity contribution in [3.05, 3.63) is 101 Å². The summed E-state index contributed by atoms with van der Waals surface area (Å²) in [7, 11) is 0. The van der Waals surface area contributed by atoms with Gasteiger partial charge in [0, 0.05) is 19.8 Å². The maximum atomic E-state index is 13.5. The number of aliphatic carboxylic acids is 1. The highest BCUT2D eigenvalue weighted by molar-refractivity contribution is 5.90. The summed E-state index contributed by atoms with van der Waals surface area (Å²) in [4.78, 5) is 36.3. The van der Waals surface area contributed by atoms with Crippen LogP contribution in [0.4, 0.5) is 4.39 Å². The second-order valence-corrected chi connectivity index (χ2v) is 8.11. The van der Waals surface area contributed by atoms with E-state index in [0.717, 1.165) is 5.56 Å². The molecule has 3 aromatic rings. The fourth-order valence-electron chi connectivity index (χ4n) is 3.53. The zero-order valence-corrected chi connectivity index (χ0v) is 19.2.